The fourth-order valence-corrected chi connectivity index (χ4v) is 1.03. The van der Waals surface area contributed by atoms with Crippen molar-refractivity contribution in [3.8, 4) is 0 Å². The molecule has 1 aromatic rings. The predicted molar refractivity (Wildman–Crippen MR) is 54.3 cm³/mol. The van der Waals surface area contributed by atoms with E-state index in [1.54, 1.807) is 5.32 Å². The topological polar surface area (TPSA) is 28.2 Å². The van der Waals surface area contributed by atoms with E-state index in [4.69, 9.17) is 11.0 Å². The first kappa shape index (κ1) is 4.91. The highest BCUT2D eigenvalue weighted by Crippen LogP contribution is 2.29. The first-order valence-electron chi connectivity index (χ1n) is 8.17. The van der Waals surface area contributed by atoms with E-state index >= 15 is 0 Å². The van der Waals surface area contributed by atoms with Gasteiger partial charge in [0.2, 0.25) is 0 Å². The molecule has 6 heteroatoms. The second kappa shape index (κ2) is 4.29. The zero-order valence-electron chi connectivity index (χ0n) is 15.8. The van der Waals surface area contributed by atoms with Crippen molar-refractivity contribution in [2.45, 2.75) is 6.18 Å². The summed E-state index contributed by atoms with van der Waals surface area (Å²) < 4.78 is 99.4. The summed E-state index contributed by atoms with van der Waals surface area (Å²) in [6.45, 7) is -12.4. The number of nitrogens with one attached hydrogen (secondary N) is 1. The molecule has 0 aliphatic carbocycles. The van der Waals surface area contributed by atoms with Crippen LogP contribution in [0.3, 0.4) is 0 Å². The molecule has 1 aliphatic heterocycles. The largest absolute Gasteiger partial charge is 0.417 e. The lowest BCUT2D eigenvalue weighted by Gasteiger charge is -2.28. The van der Waals surface area contributed by atoms with Gasteiger partial charge in [0, 0.05) is 37.7 Å². The Morgan fingerprint density at radius 3 is 2.50 bits per heavy atom. The Bertz CT molecular complexity index is 605. The van der Waals surface area contributed by atoms with Crippen LogP contribution in [-0.4, -0.2) is 31.0 Å². The van der Waals surface area contributed by atoms with Crippen molar-refractivity contribution in [1.29, 1.82) is 0 Å². The van der Waals surface area contributed by atoms with Gasteiger partial charge in [-0.25, -0.2) is 4.98 Å². The van der Waals surface area contributed by atoms with Crippen LogP contribution in [0.15, 0.2) is 18.3 Å². The maximum atomic E-state index is 12.6. The molecule has 16 heavy (non-hydrogen) atoms. The molecule has 1 fully saturated rings. The normalized spacial score (nSPS) is 37.6. The fourth-order valence-electron chi connectivity index (χ4n) is 1.03. The zero-order valence-corrected chi connectivity index (χ0v) is 7.76. The van der Waals surface area contributed by atoms with Gasteiger partial charge in [0.1, 0.15) is 5.82 Å². The van der Waals surface area contributed by atoms with Gasteiger partial charge >= 0.3 is 6.18 Å². The highest BCUT2D eigenvalue weighted by Gasteiger charge is 2.30. The molecule has 1 N–H and O–H groups in total. The first-order chi connectivity index (χ1) is 10.5. The third-order valence-electron chi connectivity index (χ3n) is 1.76. The molecule has 3 nitrogen and oxygen atoms in total. The molecule has 88 valence electrons. The van der Waals surface area contributed by atoms with Crippen LogP contribution in [0.1, 0.15) is 16.5 Å². The summed E-state index contributed by atoms with van der Waals surface area (Å²) in [5.41, 5.74) is -1.16. The molecule has 2 rings (SSSR count). The molecule has 1 aromatic heterocycles. The van der Waals surface area contributed by atoms with Crippen molar-refractivity contribution in [2.24, 2.45) is 0 Å². The lowest BCUT2D eigenvalue weighted by Crippen LogP contribution is -2.43. The third-order valence-corrected chi connectivity index (χ3v) is 1.76. The molecule has 1 aliphatic rings. The molecule has 1 saturated heterocycles. The fraction of sp³-hybridized carbons (Fsp3) is 0.500. The minimum atomic E-state index is -4.71. The third kappa shape index (κ3) is 2.44. The number of piperazine rings is 1. The Morgan fingerprint density at radius 2 is 2.00 bits per heavy atom. The summed E-state index contributed by atoms with van der Waals surface area (Å²) in [4.78, 5) is 3.42. The number of hydrogen-bond donors (Lipinski definition) is 1. The van der Waals surface area contributed by atoms with Crippen LogP contribution < -0.4 is 10.2 Å². The van der Waals surface area contributed by atoms with Crippen LogP contribution in [-0.2, 0) is 6.18 Å². The average Bonchev–Trinajstić information content (AvgIpc) is 2.34. The predicted octanol–water partition coefficient (Wildman–Crippen LogP) is 1.51. The van der Waals surface area contributed by atoms with Crippen LogP contribution in [0.4, 0.5) is 19.0 Å². The monoisotopic (exact) mass is 239 g/mol. The van der Waals surface area contributed by atoms with Crippen LogP contribution in [0.5, 0.6) is 0 Å². The SMILES string of the molecule is [2H]C1([2H])NC([2H])([2H])C([2H])([2H])N(c2ccc(C(F)(F)F)cn2)C1([2H])[2H]. The summed E-state index contributed by atoms with van der Waals surface area (Å²) in [5, 5.41) is 1.62. The molecule has 0 amide bonds. The molecule has 0 aromatic carbocycles. The summed E-state index contributed by atoms with van der Waals surface area (Å²) in [6.07, 6.45) is -4.37. The smallest absolute Gasteiger partial charge is 0.354 e. The second-order valence-corrected chi connectivity index (χ2v) is 2.84. The molecule has 0 saturated carbocycles. The minimum Gasteiger partial charge on any atom is -0.354 e. The van der Waals surface area contributed by atoms with Crippen molar-refractivity contribution in [2.75, 3.05) is 30.9 Å². The first-order valence-corrected chi connectivity index (χ1v) is 4.17. The number of aromatic nitrogens is 1. The number of rotatable bonds is 1. The van der Waals surface area contributed by atoms with Gasteiger partial charge in [-0.15, -0.1) is 0 Å². The molecule has 0 atom stereocenters. The van der Waals surface area contributed by atoms with Gasteiger partial charge < -0.3 is 10.2 Å². The molecular weight excluding hydrogens is 219 g/mol. The number of nitrogens with zero attached hydrogens (tertiary/aromatic N) is 2. The van der Waals surface area contributed by atoms with E-state index in [0.29, 0.717) is 18.3 Å². The van der Waals surface area contributed by atoms with Gasteiger partial charge in [-0.3, -0.25) is 0 Å². The maximum absolute atomic E-state index is 12.6. The van der Waals surface area contributed by atoms with Crippen molar-refractivity contribution in [1.82, 2.24) is 10.3 Å². The van der Waals surface area contributed by atoms with Crippen molar-refractivity contribution in [3.05, 3.63) is 23.9 Å². The molecule has 0 radical (unpaired) electrons. The van der Waals surface area contributed by atoms with E-state index in [1.807, 2.05) is 0 Å². The van der Waals surface area contributed by atoms with Crippen molar-refractivity contribution < 1.29 is 24.1 Å². The molecule has 2 heterocycles. The Hall–Kier alpha value is -1.30. The summed E-state index contributed by atoms with van der Waals surface area (Å²) in [6, 6.07) is 1.19. The summed E-state index contributed by atoms with van der Waals surface area (Å²) in [7, 11) is 0. The highest BCUT2D eigenvalue weighted by molar-refractivity contribution is 5.40. The highest BCUT2D eigenvalue weighted by atomic mass is 19.4. The minimum absolute atomic E-state index is 0.0661. The van der Waals surface area contributed by atoms with Crippen LogP contribution in [0.2, 0.25) is 0 Å². The van der Waals surface area contributed by atoms with Gasteiger partial charge in [-0.1, -0.05) is 0 Å². The molecule has 0 unspecified atom stereocenters. The zero-order chi connectivity index (χ0) is 18.8. The van der Waals surface area contributed by atoms with E-state index < -0.39 is 43.5 Å². The van der Waals surface area contributed by atoms with Gasteiger partial charge in [-0.05, 0) is 12.1 Å². The van der Waals surface area contributed by atoms with E-state index in [0.717, 1.165) is 0 Å². The number of anilines is 1. The Balaban J connectivity index is 2.59. The van der Waals surface area contributed by atoms with Crippen molar-refractivity contribution >= 4 is 5.82 Å². The van der Waals surface area contributed by atoms with E-state index in [2.05, 4.69) is 4.98 Å². The van der Waals surface area contributed by atoms with Crippen molar-refractivity contribution in [3.63, 3.8) is 0 Å². The average molecular weight is 239 g/mol. The van der Waals surface area contributed by atoms with Crippen LogP contribution in [0, 0.1) is 0 Å². The van der Waals surface area contributed by atoms with Crippen LogP contribution in [0.25, 0.3) is 0 Å². The van der Waals surface area contributed by atoms with E-state index in [-0.39, 0.29) is 4.90 Å². The summed E-state index contributed by atoms with van der Waals surface area (Å²) >= 11 is 0. The summed E-state index contributed by atoms with van der Waals surface area (Å²) in [5.74, 6) is -0.674. The molecule has 0 bridgehead atoms. The molecule has 0 spiro atoms. The van der Waals surface area contributed by atoms with Gasteiger partial charge in [0.05, 0.1) is 11.0 Å². The number of halogens is 3. The Labute approximate surface area is 103 Å². The quantitative estimate of drug-likeness (QED) is 0.805. The van der Waals surface area contributed by atoms with Gasteiger partial charge in [0.15, 0.2) is 0 Å². The Morgan fingerprint density at radius 1 is 1.31 bits per heavy atom. The van der Waals surface area contributed by atoms with Gasteiger partial charge in [0.25, 0.3) is 0 Å². The standard InChI is InChI=1S/C10H12F3N3/c11-10(12,13)8-1-2-9(15-7-8)16-5-3-14-4-6-16/h1-2,7,14H,3-6H2/i3D2,4D2,5D2,6D2. The number of alkyl halides is 3. The lowest BCUT2D eigenvalue weighted by atomic mass is 10.2. The second-order valence-electron chi connectivity index (χ2n) is 2.84. The number of hydrogen-bond acceptors (Lipinski definition) is 3. The van der Waals surface area contributed by atoms with Gasteiger partial charge in [-0.2, -0.15) is 13.2 Å². The Kier molecular flexibility index (Phi) is 1.32. The maximum Gasteiger partial charge on any atom is 0.417 e. The van der Waals surface area contributed by atoms with Crippen LogP contribution >= 0.6 is 0 Å². The lowest BCUT2D eigenvalue weighted by molar-refractivity contribution is -0.137. The van der Waals surface area contributed by atoms with E-state index in [9.17, 15) is 13.2 Å². The van der Waals surface area contributed by atoms with E-state index in [1.165, 1.54) is 0 Å². The molecular formula is C10H12F3N3. The number of pyridine rings is 1.